The van der Waals surface area contributed by atoms with E-state index in [0.29, 0.717) is 4.34 Å². The van der Waals surface area contributed by atoms with Crippen molar-refractivity contribution in [2.75, 3.05) is 0 Å². The maximum atomic E-state index is 12.8. The molecule has 1 aliphatic heterocycles. The molecule has 0 amide bonds. The normalized spacial score (nSPS) is 16.5. The number of halogens is 3. The van der Waals surface area contributed by atoms with E-state index in [2.05, 4.69) is 25.7 Å². The van der Waals surface area contributed by atoms with Gasteiger partial charge in [-0.1, -0.05) is 12.1 Å². The van der Waals surface area contributed by atoms with Crippen molar-refractivity contribution in [1.82, 2.24) is 4.98 Å². The number of benzene rings is 1. The van der Waals surface area contributed by atoms with Gasteiger partial charge in [-0.3, -0.25) is 0 Å². The third kappa shape index (κ3) is 2.81. The molecule has 1 aromatic heterocycles. The van der Waals surface area contributed by atoms with E-state index >= 15 is 0 Å². The van der Waals surface area contributed by atoms with Crippen molar-refractivity contribution in [3.05, 3.63) is 47.0 Å². The van der Waals surface area contributed by atoms with Gasteiger partial charge < -0.3 is 0 Å². The number of nitrogens with zero attached hydrogens (tertiary/aromatic N) is 5. The highest BCUT2D eigenvalue weighted by atomic mass is 32.2. The first-order valence-electron chi connectivity index (χ1n) is 5.60. The minimum Gasteiger partial charge on any atom is -0.238 e. The SMILES string of the molecule is FC(F)(F)c1cccc(C2(Sc3nccs3)N=NN=N2)c1. The van der Waals surface area contributed by atoms with E-state index in [9.17, 15) is 13.2 Å². The van der Waals surface area contributed by atoms with Crippen molar-refractivity contribution >= 4 is 23.1 Å². The number of hydrogen-bond donors (Lipinski definition) is 0. The largest absolute Gasteiger partial charge is 0.416 e. The third-order valence-electron chi connectivity index (χ3n) is 2.61. The average Bonchev–Trinajstić information content (AvgIpc) is 3.11. The van der Waals surface area contributed by atoms with Crippen LogP contribution < -0.4 is 0 Å². The Labute approximate surface area is 125 Å². The van der Waals surface area contributed by atoms with Crippen LogP contribution in [-0.2, 0) is 11.2 Å². The first-order valence-corrected chi connectivity index (χ1v) is 7.29. The molecule has 0 radical (unpaired) electrons. The second kappa shape index (κ2) is 5.19. The van der Waals surface area contributed by atoms with Gasteiger partial charge in [-0.15, -0.1) is 21.6 Å². The Bertz CT molecular complexity index is 684. The number of thiazole rings is 1. The summed E-state index contributed by atoms with van der Waals surface area (Å²) in [6, 6.07) is 4.82. The first-order chi connectivity index (χ1) is 10.00. The summed E-state index contributed by atoms with van der Waals surface area (Å²) in [4.78, 5) is 2.73. The van der Waals surface area contributed by atoms with Crippen LogP contribution in [0.5, 0.6) is 0 Å². The van der Waals surface area contributed by atoms with Gasteiger partial charge in [-0.05, 0) is 34.3 Å². The molecule has 0 bridgehead atoms. The summed E-state index contributed by atoms with van der Waals surface area (Å²) in [7, 11) is 0. The van der Waals surface area contributed by atoms with Gasteiger partial charge in [0.25, 0.3) is 4.99 Å². The van der Waals surface area contributed by atoms with Gasteiger partial charge in [0.2, 0.25) is 0 Å². The average molecular weight is 329 g/mol. The fraction of sp³-hybridized carbons (Fsp3) is 0.182. The Kier molecular flexibility index (Phi) is 3.49. The van der Waals surface area contributed by atoms with Crippen LogP contribution in [0.4, 0.5) is 13.2 Å². The van der Waals surface area contributed by atoms with Crippen molar-refractivity contribution in [1.29, 1.82) is 0 Å². The Morgan fingerprint density at radius 2 is 1.90 bits per heavy atom. The fourth-order valence-electron chi connectivity index (χ4n) is 1.68. The molecule has 0 saturated carbocycles. The van der Waals surface area contributed by atoms with Gasteiger partial charge in [-0.2, -0.15) is 13.2 Å². The number of hydrogen-bond acceptors (Lipinski definition) is 7. The Morgan fingerprint density at radius 1 is 1.14 bits per heavy atom. The maximum Gasteiger partial charge on any atom is 0.416 e. The number of alkyl halides is 3. The van der Waals surface area contributed by atoms with Crippen molar-refractivity contribution in [3.8, 4) is 0 Å². The number of aromatic nitrogens is 1. The highest BCUT2D eigenvalue weighted by molar-refractivity contribution is 8.01. The highest BCUT2D eigenvalue weighted by Crippen LogP contribution is 2.48. The molecule has 5 nitrogen and oxygen atoms in total. The molecule has 0 spiro atoms. The lowest BCUT2D eigenvalue weighted by Crippen LogP contribution is -2.15. The molecule has 0 unspecified atom stereocenters. The summed E-state index contributed by atoms with van der Waals surface area (Å²) in [6.07, 6.45) is -2.84. The zero-order chi connectivity index (χ0) is 14.9. The van der Waals surface area contributed by atoms with Gasteiger partial charge >= 0.3 is 6.18 Å². The summed E-state index contributed by atoms with van der Waals surface area (Å²) in [5, 5.41) is 16.4. The first kappa shape index (κ1) is 14.1. The van der Waals surface area contributed by atoms with Crippen molar-refractivity contribution in [3.63, 3.8) is 0 Å². The molecule has 108 valence electrons. The van der Waals surface area contributed by atoms with E-state index in [-0.39, 0.29) is 5.56 Å². The van der Waals surface area contributed by atoms with Crippen LogP contribution in [-0.4, -0.2) is 4.98 Å². The second-order valence-electron chi connectivity index (χ2n) is 3.97. The van der Waals surface area contributed by atoms with Gasteiger partial charge in [0.05, 0.1) is 5.56 Å². The fourth-order valence-corrected chi connectivity index (χ4v) is 3.50. The molecule has 3 rings (SSSR count). The number of rotatable bonds is 3. The minimum atomic E-state index is -4.43. The molecule has 0 N–H and O–H groups in total. The van der Waals surface area contributed by atoms with Crippen LogP contribution in [0.3, 0.4) is 0 Å². The summed E-state index contributed by atoms with van der Waals surface area (Å²) >= 11 is 2.44. The summed E-state index contributed by atoms with van der Waals surface area (Å²) < 4.78 is 39.1. The molecule has 2 aromatic rings. The molecule has 0 saturated heterocycles. The van der Waals surface area contributed by atoms with Crippen LogP contribution >= 0.6 is 23.1 Å². The molecule has 21 heavy (non-hydrogen) atoms. The minimum absolute atomic E-state index is 0.252. The lowest BCUT2D eigenvalue weighted by molar-refractivity contribution is -0.137. The second-order valence-corrected chi connectivity index (χ2v) is 6.28. The lowest BCUT2D eigenvalue weighted by atomic mass is 10.1. The predicted octanol–water partition coefficient (Wildman–Crippen LogP) is 4.90. The van der Waals surface area contributed by atoms with Gasteiger partial charge in [-0.25, -0.2) is 4.98 Å². The Balaban J connectivity index is 2.02. The molecule has 1 aromatic carbocycles. The van der Waals surface area contributed by atoms with Gasteiger partial charge in [0.15, 0.2) is 4.34 Å². The molecule has 1 aliphatic rings. The zero-order valence-corrected chi connectivity index (χ0v) is 11.8. The zero-order valence-electron chi connectivity index (χ0n) is 10.2. The lowest BCUT2D eigenvalue weighted by Gasteiger charge is -2.19. The quantitative estimate of drug-likeness (QED) is 0.804. The van der Waals surface area contributed by atoms with Crippen LogP contribution in [0, 0.1) is 0 Å². The van der Waals surface area contributed by atoms with E-state index < -0.39 is 16.7 Å². The summed E-state index contributed by atoms with van der Waals surface area (Å²) in [5.41, 5.74) is -0.515. The smallest absolute Gasteiger partial charge is 0.238 e. The van der Waals surface area contributed by atoms with Crippen molar-refractivity contribution in [2.24, 2.45) is 20.7 Å². The highest BCUT2D eigenvalue weighted by Gasteiger charge is 2.40. The maximum absolute atomic E-state index is 12.8. The Morgan fingerprint density at radius 3 is 2.52 bits per heavy atom. The summed E-state index contributed by atoms with van der Waals surface area (Å²) in [5.74, 6) is 0. The standard InChI is InChI=1S/C11H6F3N5S2/c12-10(13,14)7-2-1-3-8(6-7)11(16-18-19-17-11)21-9-15-4-5-20-9/h1-6H. The monoisotopic (exact) mass is 329 g/mol. The van der Waals surface area contributed by atoms with Crippen molar-refractivity contribution < 1.29 is 13.2 Å². The molecule has 0 atom stereocenters. The third-order valence-corrected chi connectivity index (χ3v) is 4.67. The van der Waals surface area contributed by atoms with Gasteiger partial charge in [0.1, 0.15) is 0 Å². The molecule has 0 fully saturated rings. The topological polar surface area (TPSA) is 62.3 Å². The van der Waals surface area contributed by atoms with Crippen LogP contribution in [0.15, 0.2) is 60.9 Å². The van der Waals surface area contributed by atoms with Crippen LogP contribution in [0.25, 0.3) is 0 Å². The molecule has 10 heteroatoms. The number of thioether (sulfide) groups is 1. The van der Waals surface area contributed by atoms with E-state index in [0.717, 1.165) is 23.9 Å². The van der Waals surface area contributed by atoms with E-state index in [1.54, 1.807) is 11.6 Å². The molecule has 0 aliphatic carbocycles. The van der Waals surface area contributed by atoms with E-state index in [4.69, 9.17) is 0 Å². The van der Waals surface area contributed by atoms with Gasteiger partial charge in [0, 0.05) is 17.1 Å². The molecule has 2 heterocycles. The predicted molar refractivity (Wildman–Crippen MR) is 70.8 cm³/mol. The molecular formula is C11H6F3N5S2. The molecular weight excluding hydrogens is 323 g/mol. The Hall–Kier alpha value is -1.81. The van der Waals surface area contributed by atoms with Crippen LogP contribution in [0.2, 0.25) is 0 Å². The summed E-state index contributed by atoms with van der Waals surface area (Å²) in [6.45, 7) is 0. The van der Waals surface area contributed by atoms with Crippen LogP contribution in [0.1, 0.15) is 11.1 Å². The van der Waals surface area contributed by atoms with E-state index in [1.807, 2.05) is 0 Å². The van der Waals surface area contributed by atoms with Crippen molar-refractivity contribution in [2.45, 2.75) is 15.5 Å². The van der Waals surface area contributed by atoms with E-state index in [1.165, 1.54) is 23.5 Å².